The standard InChI is InChI=1S/C26H29N3O5/c1-3-4-15-33-22-12-10-20(11-13-22)26(32)27-17-24(30)28-29-25(31)18(2)34-23-14-9-19-7-5-6-8-21(19)16-23/h5-14,16,18H,3-4,15,17H2,1-2H3,(H,27,32)(H,28,30)(H,29,31). The SMILES string of the molecule is CCCCOc1ccc(C(=O)NCC(=O)NNC(=O)C(C)Oc2ccc3ccccc3c2)cc1. The van der Waals surface area contributed by atoms with Gasteiger partial charge in [0, 0.05) is 5.56 Å². The summed E-state index contributed by atoms with van der Waals surface area (Å²) in [6, 6.07) is 20.0. The molecule has 1 atom stereocenters. The number of ether oxygens (including phenoxy) is 2. The van der Waals surface area contributed by atoms with Crippen LogP contribution in [0.25, 0.3) is 10.8 Å². The van der Waals surface area contributed by atoms with Crippen LogP contribution in [-0.4, -0.2) is 37.0 Å². The van der Waals surface area contributed by atoms with E-state index >= 15 is 0 Å². The van der Waals surface area contributed by atoms with Crippen LogP contribution in [0.1, 0.15) is 37.0 Å². The fourth-order valence-electron chi connectivity index (χ4n) is 3.08. The molecule has 3 aromatic carbocycles. The number of amides is 3. The van der Waals surface area contributed by atoms with Crippen LogP contribution in [0.5, 0.6) is 11.5 Å². The number of fused-ring (bicyclic) bond motifs is 1. The van der Waals surface area contributed by atoms with Gasteiger partial charge in [-0.1, -0.05) is 43.7 Å². The first-order chi connectivity index (χ1) is 16.5. The van der Waals surface area contributed by atoms with Gasteiger partial charge in [0.1, 0.15) is 11.5 Å². The molecule has 3 rings (SSSR count). The molecule has 0 saturated carbocycles. The summed E-state index contributed by atoms with van der Waals surface area (Å²) in [5.74, 6) is -0.271. The number of hydrazine groups is 1. The van der Waals surface area contributed by atoms with E-state index in [2.05, 4.69) is 23.1 Å². The molecule has 0 aliphatic heterocycles. The lowest BCUT2D eigenvalue weighted by atomic mass is 10.1. The van der Waals surface area contributed by atoms with E-state index in [0.29, 0.717) is 23.7 Å². The lowest BCUT2D eigenvalue weighted by Crippen LogP contribution is -2.50. The number of unbranched alkanes of at least 4 members (excludes halogenated alkanes) is 1. The van der Waals surface area contributed by atoms with Crippen LogP contribution in [0, 0.1) is 0 Å². The molecular formula is C26H29N3O5. The van der Waals surface area contributed by atoms with Gasteiger partial charge in [0.15, 0.2) is 6.10 Å². The Morgan fingerprint density at radius 1 is 0.882 bits per heavy atom. The van der Waals surface area contributed by atoms with Crippen molar-refractivity contribution in [2.24, 2.45) is 0 Å². The average Bonchev–Trinajstić information content (AvgIpc) is 2.86. The smallest absolute Gasteiger partial charge is 0.279 e. The zero-order chi connectivity index (χ0) is 24.3. The second-order valence-corrected chi connectivity index (χ2v) is 7.72. The number of rotatable bonds is 10. The second-order valence-electron chi connectivity index (χ2n) is 7.72. The Kier molecular flexibility index (Phi) is 8.85. The zero-order valence-electron chi connectivity index (χ0n) is 19.3. The number of hydrogen-bond acceptors (Lipinski definition) is 5. The molecule has 0 aliphatic carbocycles. The normalized spacial score (nSPS) is 11.4. The van der Waals surface area contributed by atoms with Crippen molar-refractivity contribution in [3.05, 3.63) is 72.3 Å². The summed E-state index contributed by atoms with van der Waals surface area (Å²) < 4.78 is 11.2. The largest absolute Gasteiger partial charge is 0.494 e. The predicted molar refractivity (Wildman–Crippen MR) is 130 cm³/mol. The van der Waals surface area contributed by atoms with Gasteiger partial charge in [-0.2, -0.15) is 0 Å². The minimum absolute atomic E-state index is 0.298. The summed E-state index contributed by atoms with van der Waals surface area (Å²) in [4.78, 5) is 36.5. The Morgan fingerprint density at radius 3 is 2.32 bits per heavy atom. The summed E-state index contributed by atoms with van der Waals surface area (Å²) >= 11 is 0. The molecule has 34 heavy (non-hydrogen) atoms. The fourth-order valence-corrected chi connectivity index (χ4v) is 3.08. The molecule has 8 nitrogen and oxygen atoms in total. The van der Waals surface area contributed by atoms with Crippen molar-refractivity contribution in [3.63, 3.8) is 0 Å². The molecule has 8 heteroatoms. The van der Waals surface area contributed by atoms with Crippen LogP contribution in [0.4, 0.5) is 0 Å². The Bertz CT molecular complexity index is 1130. The van der Waals surface area contributed by atoms with Crippen LogP contribution in [-0.2, 0) is 9.59 Å². The Hall–Kier alpha value is -4.07. The first-order valence-electron chi connectivity index (χ1n) is 11.2. The van der Waals surface area contributed by atoms with Gasteiger partial charge in [-0.3, -0.25) is 25.2 Å². The van der Waals surface area contributed by atoms with Crippen molar-refractivity contribution in [2.45, 2.75) is 32.8 Å². The first kappa shape index (κ1) is 24.6. The van der Waals surface area contributed by atoms with Crippen LogP contribution < -0.4 is 25.6 Å². The Labute approximate surface area is 198 Å². The highest BCUT2D eigenvalue weighted by molar-refractivity contribution is 5.96. The summed E-state index contributed by atoms with van der Waals surface area (Å²) in [6.45, 7) is 3.99. The Morgan fingerprint density at radius 2 is 1.59 bits per heavy atom. The molecular weight excluding hydrogens is 434 g/mol. The van der Waals surface area contributed by atoms with E-state index in [-0.39, 0.29) is 6.54 Å². The van der Waals surface area contributed by atoms with Crippen molar-refractivity contribution in [1.29, 1.82) is 0 Å². The van der Waals surface area contributed by atoms with E-state index < -0.39 is 23.8 Å². The molecule has 0 bridgehead atoms. The molecule has 0 aliphatic rings. The molecule has 0 radical (unpaired) electrons. The fraction of sp³-hybridized carbons (Fsp3) is 0.269. The second kappa shape index (κ2) is 12.2. The quantitative estimate of drug-likeness (QED) is 0.316. The van der Waals surface area contributed by atoms with E-state index in [1.165, 1.54) is 0 Å². The molecule has 3 N–H and O–H groups in total. The molecule has 0 heterocycles. The van der Waals surface area contributed by atoms with Crippen LogP contribution in [0.2, 0.25) is 0 Å². The van der Waals surface area contributed by atoms with Crippen molar-refractivity contribution in [1.82, 2.24) is 16.2 Å². The highest BCUT2D eigenvalue weighted by Gasteiger charge is 2.16. The molecule has 178 valence electrons. The van der Waals surface area contributed by atoms with E-state index in [9.17, 15) is 14.4 Å². The van der Waals surface area contributed by atoms with Crippen molar-refractivity contribution >= 4 is 28.5 Å². The molecule has 3 amide bonds. The van der Waals surface area contributed by atoms with Gasteiger partial charge >= 0.3 is 0 Å². The summed E-state index contributed by atoms with van der Waals surface area (Å²) in [5.41, 5.74) is 4.97. The zero-order valence-corrected chi connectivity index (χ0v) is 19.3. The minimum Gasteiger partial charge on any atom is -0.494 e. The average molecular weight is 464 g/mol. The van der Waals surface area contributed by atoms with Crippen LogP contribution in [0.15, 0.2) is 66.7 Å². The molecule has 0 fully saturated rings. The summed E-state index contributed by atoms with van der Waals surface area (Å²) in [7, 11) is 0. The van der Waals surface area contributed by atoms with Gasteiger partial charge < -0.3 is 14.8 Å². The van der Waals surface area contributed by atoms with Crippen LogP contribution in [0.3, 0.4) is 0 Å². The number of hydrogen-bond donors (Lipinski definition) is 3. The third-order valence-corrected chi connectivity index (χ3v) is 5.02. The maximum Gasteiger partial charge on any atom is 0.279 e. The lowest BCUT2D eigenvalue weighted by Gasteiger charge is -2.15. The molecule has 0 aromatic heterocycles. The maximum absolute atomic E-state index is 12.3. The monoisotopic (exact) mass is 463 g/mol. The lowest BCUT2D eigenvalue weighted by molar-refractivity contribution is -0.132. The highest BCUT2D eigenvalue weighted by atomic mass is 16.5. The van der Waals surface area contributed by atoms with Gasteiger partial charge in [0.2, 0.25) is 0 Å². The number of benzene rings is 3. The number of carbonyl (C=O) groups excluding carboxylic acids is 3. The van der Waals surface area contributed by atoms with Gasteiger partial charge in [-0.05, 0) is 60.5 Å². The van der Waals surface area contributed by atoms with Gasteiger partial charge in [-0.25, -0.2) is 0 Å². The van der Waals surface area contributed by atoms with E-state index in [1.807, 2.05) is 36.4 Å². The van der Waals surface area contributed by atoms with Crippen LogP contribution >= 0.6 is 0 Å². The van der Waals surface area contributed by atoms with Gasteiger partial charge in [0.05, 0.1) is 13.2 Å². The maximum atomic E-state index is 12.3. The summed E-state index contributed by atoms with van der Waals surface area (Å²) in [5, 5.41) is 4.57. The van der Waals surface area contributed by atoms with E-state index in [0.717, 1.165) is 23.6 Å². The van der Waals surface area contributed by atoms with Gasteiger partial charge in [-0.15, -0.1) is 0 Å². The molecule has 0 saturated heterocycles. The molecule has 0 spiro atoms. The highest BCUT2D eigenvalue weighted by Crippen LogP contribution is 2.21. The summed E-state index contributed by atoms with van der Waals surface area (Å²) in [6.07, 6.45) is 1.16. The minimum atomic E-state index is -0.839. The van der Waals surface area contributed by atoms with Crippen molar-refractivity contribution in [3.8, 4) is 11.5 Å². The molecule has 1 unspecified atom stereocenters. The predicted octanol–water partition coefficient (Wildman–Crippen LogP) is 3.36. The Balaban J connectivity index is 1.39. The van der Waals surface area contributed by atoms with Gasteiger partial charge in [0.25, 0.3) is 17.7 Å². The van der Waals surface area contributed by atoms with E-state index in [1.54, 1.807) is 37.3 Å². The number of nitrogens with one attached hydrogen (secondary N) is 3. The third-order valence-electron chi connectivity index (χ3n) is 5.02. The third kappa shape index (κ3) is 7.23. The van der Waals surface area contributed by atoms with Crippen molar-refractivity contribution in [2.75, 3.05) is 13.2 Å². The first-order valence-corrected chi connectivity index (χ1v) is 11.2. The number of carbonyl (C=O) groups is 3. The molecule has 3 aromatic rings. The topological polar surface area (TPSA) is 106 Å². The van der Waals surface area contributed by atoms with E-state index in [4.69, 9.17) is 9.47 Å². The van der Waals surface area contributed by atoms with Crippen molar-refractivity contribution < 1.29 is 23.9 Å².